The zero-order valence-corrected chi connectivity index (χ0v) is 7.82. The Morgan fingerprint density at radius 3 is 2.69 bits per heavy atom. The molecule has 1 rings (SSSR count). The van der Waals surface area contributed by atoms with Crippen molar-refractivity contribution >= 4 is 0 Å². The van der Waals surface area contributed by atoms with Gasteiger partial charge in [0.2, 0.25) is 0 Å². The van der Waals surface area contributed by atoms with E-state index in [1.165, 1.54) is 6.08 Å². The lowest BCUT2D eigenvalue weighted by Gasteiger charge is -2.29. The van der Waals surface area contributed by atoms with E-state index < -0.39 is 0 Å². The van der Waals surface area contributed by atoms with E-state index in [1.54, 1.807) is 0 Å². The maximum atomic E-state index is 8.92. The standard InChI is InChI=1S/C10H16N2O/c11-5-1-2-6-12-7-3-10(9-13)4-8-12/h1-2,10,13H,3-4,6-9H2/b2-1+. The van der Waals surface area contributed by atoms with Gasteiger partial charge < -0.3 is 5.11 Å². The van der Waals surface area contributed by atoms with Gasteiger partial charge in [-0.2, -0.15) is 5.26 Å². The number of likely N-dealkylation sites (tertiary alicyclic amines) is 1. The zero-order valence-electron chi connectivity index (χ0n) is 7.82. The number of hydrogen-bond donors (Lipinski definition) is 1. The Labute approximate surface area is 79.3 Å². The van der Waals surface area contributed by atoms with E-state index in [-0.39, 0.29) is 0 Å². The SMILES string of the molecule is N#C/C=C/CN1CCC(CO)CC1. The van der Waals surface area contributed by atoms with Crippen molar-refractivity contribution in [1.82, 2.24) is 4.90 Å². The summed E-state index contributed by atoms with van der Waals surface area (Å²) >= 11 is 0. The van der Waals surface area contributed by atoms with Crippen LogP contribution in [0.15, 0.2) is 12.2 Å². The molecule has 0 spiro atoms. The highest BCUT2D eigenvalue weighted by atomic mass is 16.3. The fraction of sp³-hybridized carbons (Fsp3) is 0.700. The fourth-order valence-electron chi connectivity index (χ4n) is 1.61. The van der Waals surface area contributed by atoms with Crippen molar-refractivity contribution in [1.29, 1.82) is 5.26 Å². The van der Waals surface area contributed by atoms with Gasteiger partial charge in [0.05, 0.1) is 6.07 Å². The number of nitrogens with zero attached hydrogens (tertiary/aromatic N) is 2. The van der Waals surface area contributed by atoms with Crippen molar-refractivity contribution in [3.05, 3.63) is 12.2 Å². The number of hydrogen-bond acceptors (Lipinski definition) is 3. The molecule has 13 heavy (non-hydrogen) atoms. The van der Waals surface area contributed by atoms with E-state index in [9.17, 15) is 0 Å². The van der Waals surface area contributed by atoms with Crippen LogP contribution in [-0.2, 0) is 0 Å². The van der Waals surface area contributed by atoms with Crippen molar-refractivity contribution in [2.24, 2.45) is 5.92 Å². The minimum atomic E-state index is 0.321. The first-order chi connectivity index (χ1) is 6.36. The molecule has 1 aliphatic heterocycles. The molecule has 1 N–H and O–H groups in total. The molecular formula is C10H16N2O. The fourth-order valence-corrected chi connectivity index (χ4v) is 1.61. The molecule has 3 heteroatoms. The van der Waals surface area contributed by atoms with Gasteiger partial charge in [-0.05, 0) is 31.8 Å². The summed E-state index contributed by atoms with van der Waals surface area (Å²) in [5.74, 6) is 0.496. The van der Waals surface area contributed by atoms with Crippen LogP contribution in [0, 0.1) is 17.2 Å². The van der Waals surface area contributed by atoms with E-state index in [4.69, 9.17) is 10.4 Å². The molecule has 1 heterocycles. The summed E-state index contributed by atoms with van der Waals surface area (Å²) in [6, 6.07) is 1.98. The maximum Gasteiger partial charge on any atom is 0.0909 e. The van der Waals surface area contributed by atoms with Crippen LogP contribution in [0.2, 0.25) is 0 Å². The van der Waals surface area contributed by atoms with E-state index in [2.05, 4.69) is 4.90 Å². The molecule has 0 aliphatic carbocycles. The lowest BCUT2D eigenvalue weighted by Crippen LogP contribution is -2.34. The van der Waals surface area contributed by atoms with Gasteiger partial charge in [0.25, 0.3) is 0 Å². The third kappa shape index (κ3) is 3.58. The van der Waals surface area contributed by atoms with Crippen molar-refractivity contribution < 1.29 is 5.11 Å². The van der Waals surface area contributed by atoms with E-state index in [0.717, 1.165) is 32.5 Å². The maximum absolute atomic E-state index is 8.92. The molecule has 0 aromatic rings. The number of rotatable bonds is 3. The number of aliphatic hydroxyl groups excluding tert-OH is 1. The average molecular weight is 180 g/mol. The Bertz CT molecular complexity index is 199. The van der Waals surface area contributed by atoms with Gasteiger partial charge in [0.1, 0.15) is 0 Å². The number of aliphatic hydroxyl groups is 1. The summed E-state index contributed by atoms with van der Waals surface area (Å²) in [6.45, 7) is 3.27. The Balaban J connectivity index is 2.18. The van der Waals surface area contributed by atoms with Crippen LogP contribution >= 0.6 is 0 Å². The van der Waals surface area contributed by atoms with Crippen LogP contribution in [0.1, 0.15) is 12.8 Å². The highest BCUT2D eigenvalue weighted by molar-refractivity contribution is 5.02. The second-order valence-electron chi connectivity index (χ2n) is 3.46. The number of allylic oxidation sites excluding steroid dienone is 1. The predicted octanol–water partition coefficient (Wildman–Crippen LogP) is 0.770. The molecule has 0 atom stereocenters. The molecule has 1 fully saturated rings. The summed E-state index contributed by atoms with van der Waals surface area (Å²) in [4.78, 5) is 2.31. The quantitative estimate of drug-likeness (QED) is 0.653. The zero-order chi connectivity index (χ0) is 9.52. The molecular weight excluding hydrogens is 164 g/mol. The highest BCUT2D eigenvalue weighted by Gasteiger charge is 2.16. The molecule has 0 aromatic carbocycles. The second-order valence-corrected chi connectivity index (χ2v) is 3.46. The Morgan fingerprint density at radius 1 is 1.46 bits per heavy atom. The monoisotopic (exact) mass is 180 g/mol. The van der Waals surface area contributed by atoms with Crippen LogP contribution in [0.3, 0.4) is 0 Å². The normalized spacial score (nSPS) is 20.6. The molecule has 1 aliphatic rings. The van der Waals surface area contributed by atoms with E-state index in [0.29, 0.717) is 12.5 Å². The van der Waals surface area contributed by atoms with Gasteiger partial charge >= 0.3 is 0 Å². The molecule has 1 saturated heterocycles. The summed E-state index contributed by atoms with van der Waals surface area (Å²) in [5.41, 5.74) is 0. The molecule has 0 amide bonds. The van der Waals surface area contributed by atoms with Crippen LogP contribution in [0.5, 0.6) is 0 Å². The van der Waals surface area contributed by atoms with Crippen LogP contribution in [0.25, 0.3) is 0 Å². The molecule has 3 nitrogen and oxygen atoms in total. The van der Waals surface area contributed by atoms with E-state index >= 15 is 0 Å². The Hall–Kier alpha value is -0.850. The highest BCUT2D eigenvalue weighted by Crippen LogP contribution is 2.15. The summed E-state index contributed by atoms with van der Waals surface area (Å²) in [6.07, 6.45) is 5.57. The predicted molar refractivity (Wildman–Crippen MR) is 51.0 cm³/mol. The summed E-state index contributed by atoms with van der Waals surface area (Å²) in [5, 5.41) is 17.2. The second kappa shape index (κ2) is 5.74. The van der Waals surface area contributed by atoms with Gasteiger partial charge in [-0.25, -0.2) is 0 Å². The van der Waals surface area contributed by atoms with Crippen LogP contribution in [0.4, 0.5) is 0 Å². The minimum Gasteiger partial charge on any atom is -0.396 e. The number of piperidine rings is 1. The summed E-state index contributed by atoms with van der Waals surface area (Å²) in [7, 11) is 0. The molecule has 0 saturated carbocycles. The first kappa shape index (κ1) is 10.2. The lowest BCUT2D eigenvalue weighted by atomic mass is 9.98. The smallest absolute Gasteiger partial charge is 0.0909 e. The van der Waals surface area contributed by atoms with Crippen LogP contribution < -0.4 is 0 Å². The molecule has 0 bridgehead atoms. The molecule has 0 unspecified atom stereocenters. The van der Waals surface area contributed by atoms with Gasteiger partial charge in [-0.1, -0.05) is 6.08 Å². The number of nitriles is 1. The Morgan fingerprint density at radius 2 is 2.15 bits per heavy atom. The molecule has 0 radical (unpaired) electrons. The van der Waals surface area contributed by atoms with Crippen molar-refractivity contribution in [3.8, 4) is 6.07 Å². The van der Waals surface area contributed by atoms with Gasteiger partial charge in [-0.3, -0.25) is 4.90 Å². The van der Waals surface area contributed by atoms with Gasteiger partial charge in [-0.15, -0.1) is 0 Å². The van der Waals surface area contributed by atoms with Crippen molar-refractivity contribution in [2.45, 2.75) is 12.8 Å². The average Bonchev–Trinajstić information content (AvgIpc) is 2.19. The third-order valence-corrected chi connectivity index (χ3v) is 2.52. The van der Waals surface area contributed by atoms with Crippen LogP contribution in [-0.4, -0.2) is 36.2 Å². The largest absolute Gasteiger partial charge is 0.396 e. The third-order valence-electron chi connectivity index (χ3n) is 2.52. The minimum absolute atomic E-state index is 0.321. The van der Waals surface area contributed by atoms with E-state index in [1.807, 2.05) is 12.1 Å². The topological polar surface area (TPSA) is 47.3 Å². The first-order valence-electron chi connectivity index (χ1n) is 4.74. The first-order valence-corrected chi connectivity index (χ1v) is 4.74. The van der Waals surface area contributed by atoms with Gasteiger partial charge in [0.15, 0.2) is 0 Å². The van der Waals surface area contributed by atoms with Crippen molar-refractivity contribution in [2.75, 3.05) is 26.2 Å². The van der Waals surface area contributed by atoms with Gasteiger partial charge in [0, 0.05) is 19.2 Å². The lowest BCUT2D eigenvalue weighted by molar-refractivity contribution is 0.139. The Kier molecular flexibility index (Phi) is 4.52. The summed E-state index contributed by atoms with van der Waals surface area (Å²) < 4.78 is 0. The van der Waals surface area contributed by atoms with Crippen molar-refractivity contribution in [3.63, 3.8) is 0 Å². The molecule has 0 aromatic heterocycles. The molecule has 72 valence electrons.